The van der Waals surface area contributed by atoms with Gasteiger partial charge >= 0.3 is 0 Å². The molecule has 3 aromatic carbocycles. The average molecular weight is 323 g/mol. The van der Waals surface area contributed by atoms with Gasteiger partial charge in [0.05, 0.1) is 5.57 Å². The summed E-state index contributed by atoms with van der Waals surface area (Å²) in [4.78, 5) is 0. The Labute approximate surface area is 149 Å². The van der Waals surface area contributed by atoms with E-state index in [0.717, 1.165) is 27.8 Å². The summed E-state index contributed by atoms with van der Waals surface area (Å²) in [6, 6.07) is 27.3. The zero-order valence-corrected chi connectivity index (χ0v) is 14.9. The predicted octanol–water partition coefficient (Wildman–Crippen LogP) is 6.09. The molecule has 3 aromatic rings. The fourth-order valence-corrected chi connectivity index (χ4v) is 3.12. The van der Waals surface area contributed by atoms with E-state index >= 15 is 0 Å². The Morgan fingerprint density at radius 3 is 1.44 bits per heavy atom. The zero-order valence-electron chi connectivity index (χ0n) is 14.9. The van der Waals surface area contributed by atoms with Crippen molar-refractivity contribution in [1.82, 2.24) is 0 Å². The van der Waals surface area contributed by atoms with E-state index in [1.165, 1.54) is 11.1 Å². The van der Waals surface area contributed by atoms with E-state index in [-0.39, 0.29) is 0 Å². The topological polar surface area (TPSA) is 23.8 Å². The van der Waals surface area contributed by atoms with Crippen LogP contribution >= 0.6 is 0 Å². The molecule has 1 nitrogen and oxygen atoms in total. The highest BCUT2D eigenvalue weighted by Gasteiger charge is 2.14. The molecule has 0 aliphatic carbocycles. The molecule has 0 N–H and O–H groups in total. The van der Waals surface area contributed by atoms with Crippen molar-refractivity contribution in [3.8, 4) is 6.07 Å². The second-order valence-electron chi connectivity index (χ2n) is 6.47. The van der Waals surface area contributed by atoms with Crippen molar-refractivity contribution in [2.45, 2.75) is 20.8 Å². The van der Waals surface area contributed by atoms with E-state index in [9.17, 15) is 5.26 Å². The van der Waals surface area contributed by atoms with Gasteiger partial charge in [-0.1, -0.05) is 89.5 Å². The molecule has 0 heterocycles. The zero-order chi connectivity index (χ0) is 17.8. The van der Waals surface area contributed by atoms with Crippen LogP contribution < -0.4 is 0 Å². The molecule has 0 aromatic heterocycles. The van der Waals surface area contributed by atoms with Crippen molar-refractivity contribution >= 4 is 11.1 Å². The van der Waals surface area contributed by atoms with Crippen molar-refractivity contribution in [2.24, 2.45) is 0 Å². The molecule has 0 saturated carbocycles. The summed E-state index contributed by atoms with van der Waals surface area (Å²) in [6.45, 7) is 6.21. The van der Waals surface area contributed by atoms with Gasteiger partial charge in [-0.2, -0.15) is 5.26 Å². The van der Waals surface area contributed by atoms with Gasteiger partial charge in [0, 0.05) is 5.57 Å². The second-order valence-corrected chi connectivity index (χ2v) is 6.47. The van der Waals surface area contributed by atoms with Crippen LogP contribution in [0.5, 0.6) is 0 Å². The lowest BCUT2D eigenvalue weighted by molar-refractivity contribution is 1.41. The fourth-order valence-electron chi connectivity index (χ4n) is 3.12. The Kier molecular flexibility index (Phi) is 4.82. The van der Waals surface area contributed by atoms with Gasteiger partial charge in [-0.3, -0.25) is 0 Å². The molecule has 0 amide bonds. The summed E-state index contributed by atoms with van der Waals surface area (Å²) >= 11 is 0. The molecule has 1 heteroatoms. The predicted molar refractivity (Wildman–Crippen MR) is 105 cm³/mol. The molecule has 0 bridgehead atoms. The quantitative estimate of drug-likeness (QED) is 0.422. The van der Waals surface area contributed by atoms with E-state index in [4.69, 9.17) is 0 Å². The van der Waals surface area contributed by atoms with Gasteiger partial charge in [0.15, 0.2) is 0 Å². The minimum Gasteiger partial charge on any atom is -0.192 e. The third-order valence-corrected chi connectivity index (χ3v) is 4.28. The van der Waals surface area contributed by atoms with E-state index < -0.39 is 0 Å². The van der Waals surface area contributed by atoms with Crippen molar-refractivity contribution in [3.63, 3.8) is 0 Å². The highest BCUT2D eigenvalue weighted by molar-refractivity contribution is 6.03. The number of rotatable bonds is 3. The molecule has 0 saturated heterocycles. The standard InChI is InChI=1S/C24H21N/c1-17-7-4-10-20(13-17)23(16-25)24(21-11-5-8-18(2)14-21)22-12-6-9-19(3)15-22/h4-15H,1-3H3. The van der Waals surface area contributed by atoms with E-state index in [1.54, 1.807) is 0 Å². The van der Waals surface area contributed by atoms with Crippen LogP contribution in [-0.4, -0.2) is 0 Å². The Hall–Kier alpha value is -3.11. The molecule has 0 spiro atoms. The number of aryl methyl sites for hydroxylation is 3. The molecular formula is C24H21N. The first-order chi connectivity index (χ1) is 12.1. The van der Waals surface area contributed by atoms with E-state index in [2.05, 4.69) is 75.4 Å². The number of hydrogen-bond donors (Lipinski definition) is 0. The van der Waals surface area contributed by atoms with Crippen LogP contribution in [0.15, 0.2) is 72.8 Å². The maximum Gasteiger partial charge on any atom is 0.100 e. The van der Waals surface area contributed by atoms with Gasteiger partial charge in [0.25, 0.3) is 0 Å². The monoisotopic (exact) mass is 323 g/mol. The molecule has 0 fully saturated rings. The van der Waals surface area contributed by atoms with Crippen LogP contribution in [0.1, 0.15) is 33.4 Å². The molecule has 0 atom stereocenters. The SMILES string of the molecule is Cc1cccc(C(C#N)=C(c2cccc(C)c2)c2cccc(C)c2)c1. The number of nitrogens with zero attached hydrogens (tertiary/aromatic N) is 1. The van der Waals surface area contributed by atoms with Gasteiger partial charge in [0.2, 0.25) is 0 Å². The van der Waals surface area contributed by atoms with Crippen molar-refractivity contribution in [3.05, 3.63) is 106 Å². The molecular weight excluding hydrogens is 302 g/mol. The summed E-state index contributed by atoms with van der Waals surface area (Å²) in [7, 11) is 0. The molecule has 0 aliphatic heterocycles. The van der Waals surface area contributed by atoms with Crippen LogP contribution in [0, 0.1) is 32.1 Å². The maximum atomic E-state index is 9.99. The van der Waals surface area contributed by atoms with Gasteiger partial charge in [0.1, 0.15) is 6.07 Å². The minimum absolute atomic E-state index is 0.708. The number of allylic oxidation sites excluding steroid dienone is 1. The molecule has 0 radical (unpaired) electrons. The first-order valence-electron chi connectivity index (χ1n) is 8.44. The van der Waals surface area contributed by atoms with Crippen LogP contribution in [0.25, 0.3) is 11.1 Å². The lowest BCUT2D eigenvalue weighted by Gasteiger charge is -2.14. The van der Waals surface area contributed by atoms with E-state index in [0.29, 0.717) is 5.57 Å². The highest BCUT2D eigenvalue weighted by Crippen LogP contribution is 2.33. The van der Waals surface area contributed by atoms with Gasteiger partial charge in [-0.15, -0.1) is 0 Å². The fraction of sp³-hybridized carbons (Fsp3) is 0.125. The summed E-state index contributed by atoms with van der Waals surface area (Å²) < 4.78 is 0. The average Bonchev–Trinajstić information content (AvgIpc) is 2.59. The van der Waals surface area contributed by atoms with Crippen LogP contribution in [-0.2, 0) is 0 Å². The number of nitriles is 1. The normalized spacial score (nSPS) is 10.2. The summed E-state index contributed by atoms with van der Waals surface area (Å²) in [5.74, 6) is 0. The Morgan fingerprint density at radius 1 is 0.640 bits per heavy atom. The summed E-state index contributed by atoms with van der Waals surface area (Å²) in [5.41, 5.74) is 8.32. The maximum absolute atomic E-state index is 9.99. The Bertz CT molecular complexity index is 939. The minimum atomic E-state index is 0.708. The number of benzene rings is 3. The molecule has 0 aliphatic rings. The van der Waals surface area contributed by atoms with Crippen LogP contribution in [0.4, 0.5) is 0 Å². The first-order valence-corrected chi connectivity index (χ1v) is 8.44. The van der Waals surface area contributed by atoms with Crippen molar-refractivity contribution < 1.29 is 0 Å². The molecule has 122 valence electrons. The number of hydrogen-bond acceptors (Lipinski definition) is 1. The molecule has 25 heavy (non-hydrogen) atoms. The molecule has 0 unspecified atom stereocenters. The second kappa shape index (κ2) is 7.20. The van der Waals surface area contributed by atoms with Crippen LogP contribution in [0.3, 0.4) is 0 Å². The Balaban J connectivity index is 2.35. The third kappa shape index (κ3) is 3.70. The molecule has 3 rings (SSSR count). The first kappa shape index (κ1) is 16.7. The van der Waals surface area contributed by atoms with Gasteiger partial charge in [-0.05, 0) is 37.5 Å². The van der Waals surface area contributed by atoms with Crippen molar-refractivity contribution in [2.75, 3.05) is 0 Å². The van der Waals surface area contributed by atoms with Crippen molar-refractivity contribution in [1.29, 1.82) is 5.26 Å². The van der Waals surface area contributed by atoms with Gasteiger partial charge < -0.3 is 0 Å². The van der Waals surface area contributed by atoms with E-state index in [1.807, 2.05) is 24.3 Å². The lowest BCUT2D eigenvalue weighted by atomic mass is 9.88. The lowest BCUT2D eigenvalue weighted by Crippen LogP contribution is -1.95. The third-order valence-electron chi connectivity index (χ3n) is 4.28. The highest BCUT2D eigenvalue weighted by atomic mass is 14.3. The Morgan fingerprint density at radius 2 is 1.04 bits per heavy atom. The summed E-state index contributed by atoms with van der Waals surface area (Å²) in [5, 5.41) is 9.99. The summed E-state index contributed by atoms with van der Waals surface area (Å²) in [6.07, 6.45) is 0. The van der Waals surface area contributed by atoms with Gasteiger partial charge in [-0.25, -0.2) is 0 Å². The smallest absolute Gasteiger partial charge is 0.100 e. The largest absolute Gasteiger partial charge is 0.192 e. The van der Waals surface area contributed by atoms with Crippen LogP contribution in [0.2, 0.25) is 0 Å².